The summed E-state index contributed by atoms with van der Waals surface area (Å²) in [4.78, 5) is 14.3. The zero-order valence-corrected chi connectivity index (χ0v) is 10.8. The summed E-state index contributed by atoms with van der Waals surface area (Å²) < 4.78 is 0. The molecule has 5 nitrogen and oxygen atoms in total. The molecule has 1 heterocycles. The molecular weight excluding hydrogens is 230 g/mol. The number of anilines is 1. The van der Waals surface area contributed by atoms with Crippen LogP contribution in [0, 0.1) is 15.5 Å². The Morgan fingerprint density at radius 2 is 2.33 bits per heavy atom. The smallest absolute Gasteiger partial charge is 0.310 e. The molecule has 1 atom stereocenters. The van der Waals surface area contributed by atoms with E-state index in [1.54, 1.807) is 12.3 Å². The zero-order chi connectivity index (χ0) is 13.2. The van der Waals surface area contributed by atoms with Crippen LogP contribution in [0.5, 0.6) is 0 Å². The summed E-state index contributed by atoms with van der Waals surface area (Å²) in [5.41, 5.74) is 0.955. The van der Waals surface area contributed by atoms with E-state index in [2.05, 4.69) is 24.1 Å². The summed E-state index contributed by atoms with van der Waals surface area (Å²) >= 11 is 0. The van der Waals surface area contributed by atoms with Gasteiger partial charge in [0.15, 0.2) is 0 Å². The van der Waals surface area contributed by atoms with Crippen LogP contribution in [0.2, 0.25) is 0 Å². The average molecular weight is 249 g/mol. The van der Waals surface area contributed by atoms with Crippen molar-refractivity contribution in [1.29, 1.82) is 0 Å². The molecule has 1 N–H and O–H groups in total. The van der Waals surface area contributed by atoms with Gasteiger partial charge >= 0.3 is 5.69 Å². The molecule has 5 heteroatoms. The maximum atomic E-state index is 10.9. The predicted molar refractivity (Wildman–Crippen MR) is 70.6 cm³/mol. The van der Waals surface area contributed by atoms with Crippen LogP contribution in [-0.2, 0) is 0 Å². The van der Waals surface area contributed by atoms with E-state index >= 15 is 0 Å². The molecule has 0 bridgehead atoms. The third-order valence-electron chi connectivity index (χ3n) is 3.56. The zero-order valence-electron chi connectivity index (χ0n) is 10.8. The van der Waals surface area contributed by atoms with Crippen molar-refractivity contribution in [3.63, 3.8) is 0 Å². The molecule has 0 saturated heterocycles. The Labute approximate surface area is 107 Å². The van der Waals surface area contributed by atoms with Crippen LogP contribution in [0.1, 0.15) is 39.5 Å². The molecule has 2 rings (SSSR count). The fraction of sp³-hybridized carbons (Fsp3) is 0.615. The van der Waals surface area contributed by atoms with Crippen molar-refractivity contribution in [3.8, 4) is 0 Å². The van der Waals surface area contributed by atoms with Crippen LogP contribution in [0.15, 0.2) is 18.5 Å². The molecule has 1 aliphatic carbocycles. The van der Waals surface area contributed by atoms with Gasteiger partial charge in [-0.25, -0.2) is 0 Å². The van der Waals surface area contributed by atoms with Crippen LogP contribution in [0.3, 0.4) is 0 Å². The molecule has 0 radical (unpaired) electrons. The number of hydrogen-bond acceptors (Lipinski definition) is 4. The van der Waals surface area contributed by atoms with E-state index in [4.69, 9.17) is 0 Å². The fourth-order valence-electron chi connectivity index (χ4n) is 2.69. The van der Waals surface area contributed by atoms with Crippen LogP contribution < -0.4 is 5.32 Å². The molecule has 0 spiro atoms. The highest BCUT2D eigenvalue weighted by Crippen LogP contribution is 2.37. The van der Waals surface area contributed by atoms with E-state index in [1.807, 2.05) is 0 Å². The first kappa shape index (κ1) is 12.8. The Balaban J connectivity index is 2.12. The quantitative estimate of drug-likeness (QED) is 0.658. The Hall–Kier alpha value is -1.65. The van der Waals surface area contributed by atoms with Crippen LogP contribution in [-0.4, -0.2) is 15.9 Å². The molecule has 98 valence electrons. The molecule has 1 fully saturated rings. The maximum absolute atomic E-state index is 10.9. The Morgan fingerprint density at radius 1 is 1.56 bits per heavy atom. The van der Waals surface area contributed by atoms with Crippen molar-refractivity contribution < 1.29 is 4.92 Å². The molecule has 1 aliphatic rings. The second-order valence-corrected chi connectivity index (χ2v) is 5.75. The van der Waals surface area contributed by atoms with E-state index < -0.39 is 0 Å². The molecule has 18 heavy (non-hydrogen) atoms. The average Bonchev–Trinajstić information content (AvgIpc) is 2.28. The molecular formula is C13H19N3O2. The highest BCUT2D eigenvalue weighted by atomic mass is 16.6. The Bertz CT molecular complexity index is 446. The number of nitro groups is 1. The number of rotatable bonds is 3. The van der Waals surface area contributed by atoms with Gasteiger partial charge in [-0.3, -0.25) is 15.1 Å². The number of nitrogens with zero attached hydrogens (tertiary/aromatic N) is 2. The van der Waals surface area contributed by atoms with Crippen LogP contribution in [0.25, 0.3) is 0 Å². The topological polar surface area (TPSA) is 68.1 Å². The lowest BCUT2D eigenvalue weighted by molar-refractivity contribution is -0.384. The lowest BCUT2D eigenvalue weighted by Crippen LogP contribution is -2.31. The van der Waals surface area contributed by atoms with E-state index in [0.29, 0.717) is 17.1 Å². The minimum Gasteiger partial charge on any atom is -0.377 e. The fourth-order valence-corrected chi connectivity index (χ4v) is 2.69. The maximum Gasteiger partial charge on any atom is 0.310 e. The number of aromatic nitrogens is 1. The third kappa shape index (κ3) is 2.97. The largest absolute Gasteiger partial charge is 0.377 e. The number of hydrogen-bond donors (Lipinski definition) is 1. The van der Waals surface area contributed by atoms with E-state index in [1.165, 1.54) is 19.0 Å². The van der Waals surface area contributed by atoms with E-state index in [-0.39, 0.29) is 10.6 Å². The summed E-state index contributed by atoms with van der Waals surface area (Å²) in [6.07, 6.45) is 7.40. The van der Waals surface area contributed by atoms with E-state index in [0.717, 1.165) is 12.8 Å². The lowest BCUT2D eigenvalue weighted by atomic mass is 9.75. The van der Waals surface area contributed by atoms with E-state index in [9.17, 15) is 10.1 Å². The first-order valence-electron chi connectivity index (χ1n) is 6.33. The molecule has 1 aromatic rings. The van der Waals surface area contributed by atoms with Crippen molar-refractivity contribution in [2.75, 3.05) is 5.32 Å². The minimum atomic E-state index is -0.386. The second kappa shape index (κ2) is 4.92. The SMILES string of the molecule is CC1(C)CCCC(Nc2ccncc2[N+](=O)[O-])C1. The van der Waals surface area contributed by atoms with Crippen molar-refractivity contribution in [1.82, 2.24) is 4.98 Å². The van der Waals surface area contributed by atoms with Gasteiger partial charge in [0.2, 0.25) is 0 Å². The summed E-state index contributed by atoms with van der Waals surface area (Å²) in [7, 11) is 0. The van der Waals surface area contributed by atoms with Crippen molar-refractivity contribution in [2.45, 2.75) is 45.6 Å². The van der Waals surface area contributed by atoms with Crippen molar-refractivity contribution in [3.05, 3.63) is 28.6 Å². The summed E-state index contributed by atoms with van der Waals surface area (Å²) in [5.74, 6) is 0. The summed E-state index contributed by atoms with van der Waals surface area (Å²) in [5, 5.41) is 14.2. The summed E-state index contributed by atoms with van der Waals surface area (Å²) in [6, 6.07) is 1.99. The number of pyridine rings is 1. The van der Waals surface area contributed by atoms with Gasteiger partial charge in [-0.1, -0.05) is 20.3 Å². The van der Waals surface area contributed by atoms with Gasteiger partial charge < -0.3 is 5.32 Å². The molecule has 0 aliphatic heterocycles. The predicted octanol–water partition coefficient (Wildman–Crippen LogP) is 3.37. The van der Waals surface area contributed by atoms with Gasteiger partial charge in [-0.15, -0.1) is 0 Å². The first-order valence-corrected chi connectivity index (χ1v) is 6.33. The highest BCUT2D eigenvalue weighted by Gasteiger charge is 2.29. The standard InChI is InChI=1S/C13H19N3O2/c1-13(2)6-3-4-10(8-13)15-11-5-7-14-9-12(11)16(17)18/h5,7,9-10H,3-4,6,8H2,1-2H3,(H,14,15). The van der Waals surface area contributed by atoms with Crippen molar-refractivity contribution >= 4 is 11.4 Å². The highest BCUT2D eigenvalue weighted by molar-refractivity contribution is 5.60. The van der Waals surface area contributed by atoms with Crippen LogP contribution in [0.4, 0.5) is 11.4 Å². The lowest BCUT2D eigenvalue weighted by Gasteiger charge is -2.35. The Morgan fingerprint density at radius 3 is 3.00 bits per heavy atom. The molecule has 1 aromatic heterocycles. The van der Waals surface area contributed by atoms with Gasteiger partial charge in [0, 0.05) is 12.2 Å². The monoisotopic (exact) mass is 249 g/mol. The second-order valence-electron chi connectivity index (χ2n) is 5.75. The molecule has 0 aromatic carbocycles. The van der Waals surface area contributed by atoms with Gasteiger partial charge in [-0.2, -0.15) is 0 Å². The molecule has 0 amide bonds. The normalized spacial score (nSPS) is 22.4. The summed E-state index contributed by atoms with van der Waals surface area (Å²) in [6.45, 7) is 4.50. The molecule has 1 unspecified atom stereocenters. The van der Waals surface area contributed by atoms with Gasteiger partial charge in [0.05, 0.1) is 4.92 Å². The molecule has 1 saturated carbocycles. The Kier molecular flexibility index (Phi) is 3.50. The third-order valence-corrected chi connectivity index (χ3v) is 3.56. The van der Waals surface area contributed by atoms with Gasteiger partial charge in [0.25, 0.3) is 0 Å². The van der Waals surface area contributed by atoms with Gasteiger partial charge in [-0.05, 0) is 30.7 Å². The minimum absolute atomic E-state index is 0.0564. The number of nitrogens with one attached hydrogen (secondary N) is 1. The van der Waals surface area contributed by atoms with Crippen molar-refractivity contribution in [2.24, 2.45) is 5.41 Å². The first-order chi connectivity index (χ1) is 8.48. The van der Waals surface area contributed by atoms with Gasteiger partial charge in [0.1, 0.15) is 11.9 Å². The van der Waals surface area contributed by atoms with Crippen LogP contribution >= 0.6 is 0 Å².